The molecule has 0 spiro atoms. The molecule has 0 bridgehead atoms. The molecule has 2 aromatic rings. The Hall–Kier alpha value is -1.81. The normalized spacial score (nSPS) is 20.5. The predicted octanol–water partition coefficient (Wildman–Crippen LogP) is 3.75. The van der Waals surface area contributed by atoms with Crippen molar-refractivity contribution in [1.82, 2.24) is 9.62 Å². The van der Waals surface area contributed by atoms with Crippen molar-refractivity contribution in [3.05, 3.63) is 59.1 Å². The number of hydrogen-bond donors (Lipinski definition) is 1. The number of hydrogen-bond acceptors (Lipinski definition) is 4. The van der Waals surface area contributed by atoms with E-state index in [1.165, 1.54) is 11.4 Å². The van der Waals surface area contributed by atoms with E-state index in [1.807, 2.05) is 0 Å². The molecule has 1 aliphatic rings. The van der Waals surface area contributed by atoms with E-state index in [4.69, 9.17) is 11.6 Å². The summed E-state index contributed by atoms with van der Waals surface area (Å²) in [7, 11) is -2.51. The largest absolute Gasteiger partial charge is 0.573 e. The van der Waals surface area contributed by atoms with E-state index in [2.05, 4.69) is 10.1 Å². The number of benzene rings is 2. The molecule has 1 atom stereocenters. The number of ether oxygens (including phenoxy) is 1. The Morgan fingerprint density at radius 2 is 1.71 bits per heavy atom. The van der Waals surface area contributed by atoms with Gasteiger partial charge in [0.15, 0.2) is 0 Å². The van der Waals surface area contributed by atoms with Gasteiger partial charge in [-0.2, -0.15) is 4.31 Å². The topological polar surface area (TPSA) is 58.6 Å². The van der Waals surface area contributed by atoms with Crippen LogP contribution in [0, 0.1) is 0 Å². The van der Waals surface area contributed by atoms with Crippen molar-refractivity contribution in [3.63, 3.8) is 0 Å². The van der Waals surface area contributed by atoms with Crippen LogP contribution in [0.25, 0.3) is 0 Å². The van der Waals surface area contributed by atoms with Crippen molar-refractivity contribution in [3.8, 4) is 5.75 Å². The Bertz CT molecular complexity index is 926. The van der Waals surface area contributed by atoms with Crippen molar-refractivity contribution in [2.75, 3.05) is 20.1 Å². The molecule has 0 saturated carbocycles. The highest BCUT2D eigenvalue weighted by Crippen LogP contribution is 2.38. The summed E-state index contributed by atoms with van der Waals surface area (Å²) in [6, 6.07) is 11.1. The van der Waals surface area contributed by atoms with Gasteiger partial charge < -0.3 is 10.1 Å². The van der Waals surface area contributed by atoms with Gasteiger partial charge >= 0.3 is 6.36 Å². The monoisotopic (exact) mass is 434 g/mol. The summed E-state index contributed by atoms with van der Waals surface area (Å²) < 4.78 is 68.3. The van der Waals surface area contributed by atoms with E-state index in [0.717, 1.165) is 29.8 Å². The molecule has 28 heavy (non-hydrogen) atoms. The molecule has 0 unspecified atom stereocenters. The molecule has 0 amide bonds. The third kappa shape index (κ3) is 4.12. The van der Waals surface area contributed by atoms with Crippen LogP contribution >= 0.6 is 11.6 Å². The average molecular weight is 435 g/mol. The fourth-order valence-corrected chi connectivity index (χ4v) is 4.98. The fraction of sp³-hybridized carbons (Fsp3) is 0.333. The van der Waals surface area contributed by atoms with E-state index >= 15 is 0 Å². The molecule has 1 fully saturated rings. The summed E-state index contributed by atoms with van der Waals surface area (Å²) in [4.78, 5) is -0.121. The molecule has 5 nitrogen and oxygen atoms in total. The van der Waals surface area contributed by atoms with Crippen molar-refractivity contribution < 1.29 is 26.3 Å². The summed E-state index contributed by atoms with van der Waals surface area (Å²) in [5, 5.41) is 3.72. The van der Waals surface area contributed by atoms with Crippen LogP contribution < -0.4 is 10.1 Å². The highest BCUT2D eigenvalue weighted by atomic mass is 35.5. The zero-order valence-corrected chi connectivity index (χ0v) is 16.4. The van der Waals surface area contributed by atoms with Gasteiger partial charge in [0.05, 0.1) is 10.4 Å². The van der Waals surface area contributed by atoms with Crippen LogP contribution in [0.2, 0.25) is 5.02 Å². The van der Waals surface area contributed by atoms with E-state index in [9.17, 15) is 21.6 Å². The highest BCUT2D eigenvalue weighted by Gasteiger charge is 2.45. The minimum absolute atomic E-state index is 0.121. The number of alkyl halides is 3. The average Bonchev–Trinajstić information content (AvgIpc) is 3.11. The number of nitrogens with one attached hydrogen (secondary N) is 1. The van der Waals surface area contributed by atoms with Gasteiger partial charge in [0.1, 0.15) is 5.75 Å². The van der Waals surface area contributed by atoms with E-state index in [-0.39, 0.29) is 4.90 Å². The van der Waals surface area contributed by atoms with E-state index in [0.29, 0.717) is 24.5 Å². The summed E-state index contributed by atoms with van der Waals surface area (Å²) in [6.07, 6.45) is -4.30. The van der Waals surface area contributed by atoms with E-state index < -0.39 is 27.7 Å². The molecule has 0 radical (unpaired) electrons. The van der Waals surface area contributed by atoms with Crippen LogP contribution in [0.1, 0.15) is 12.0 Å². The van der Waals surface area contributed by atoms with Crippen molar-refractivity contribution in [2.24, 2.45) is 0 Å². The van der Waals surface area contributed by atoms with Gasteiger partial charge in [-0.3, -0.25) is 0 Å². The van der Waals surface area contributed by atoms with Crippen molar-refractivity contribution >= 4 is 21.6 Å². The number of rotatable bonds is 5. The summed E-state index contributed by atoms with van der Waals surface area (Å²) in [6.45, 7) is 1.03. The minimum Gasteiger partial charge on any atom is -0.406 e. The van der Waals surface area contributed by atoms with E-state index in [1.54, 1.807) is 24.3 Å². The van der Waals surface area contributed by atoms with Crippen molar-refractivity contribution in [2.45, 2.75) is 23.2 Å². The molecule has 152 valence electrons. The first-order valence-corrected chi connectivity index (χ1v) is 10.2. The zero-order valence-electron chi connectivity index (χ0n) is 14.8. The molecule has 0 aromatic heterocycles. The lowest BCUT2D eigenvalue weighted by Crippen LogP contribution is -2.48. The van der Waals surface area contributed by atoms with Gasteiger partial charge in [0.2, 0.25) is 10.0 Å². The Labute approximate surface area is 166 Å². The minimum atomic E-state index is -4.84. The first-order chi connectivity index (χ1) is 13.0. The maximum atomic E-state index is 13.2. The summed E-state index contributed by atoms with van der Waals surface area (Å²) in [5.41, 5.74) is -0.0464. The number of sulfonamides is 1. The molecular weight excluding hydrogens is 417 g/mol. The lowest BCUT2D eigenvalue weighted by Gasteiger charge is -2.37. The maximum absolute atomic E-state index is 13.2. The summed E-state index contributed by atoms with van der Waals surface area (Å²) >= 11 is 5.95. The highest BCUT2D eigenvalue weighted by molar-refractivity contribution is 7.89. The van der Waals surface area contributed by atoms with Crippen LogP contribution in [-0.4, -0.2) is 39.2 Å². The Kier molecular flexibility index (Phi) is 5.64. The standard InChI is InChI=1S/C18H18ClF3N2O3S/c1-24(17(10-11-23-12-17)13-2-4-14(19)5-3-13)28(25,26)16-8-6-15(7-9-16)27-18(20,21)22/h2-9,23H,10-12H2,1H3/t17-/m0/s1. The molecule has 0 aliphatic carbocycles. The number of nitrogens with zero attached hydrogens (tertiary/aromatic N) is 1. The van der Waals surface area contributed by atoms with Crippen LogP contribution in [-0.2, 0) is 15.6 Å². The summed E-state index contributed by atoms with van der Waals surface area (Å²) in [5.74, 6) is -0.482. The Morgan fingerprint density at radius 1 is 1.11 bits per heavy atom. The van der Waals surface area contributed by atoms with Crippen LogP contribution in [0.5, 0.6) is 5.75 Å². The fourth-order valence-electron chi connectivity index (χ4n) is 3.34. The van der Waals surface area contributed by atoms with Crippen LogP contribution in [0.3, 0.4) is 0 Å². The second kappa shape index (κ2) is 7.55. The predicted molar refractivity (Wildman–Crippen MR) is 98.7 cm³/mol. The SMILES string of the molecule is CN([C@@]1(c2ccc(Cl)cc2)CCNC1)S(=O)(=O)c1ccc(OC(F)(F)F)cc1. The zero-order chi connectivity index (χ0) is 20.6. The Morgan fingerprint density at radius 3 is 2.21 bits per heavy atom. The molecular formula is C18H18ClF3N2O3S. The molecule has 3 rings (SSSR count). The number of likely N-dealkylation sites (N-methyl/N-ethyl adjacent to an activating group) is 1. The number of halogens is 4. The molecule has 1 saturated heterocycles. The lowest BCUT2D eigenvalue weighted by atomic mass is 9.89. The maximum Gasteiger partial charge on any atom is 0.573 e. The smallest absolute Gasteiger partial charge is 0.406 e. The van der Waals surface area contributed by atoms with Gasteiger partial charge in [0, 0.05) is 18.6 Å². The second-order valence-electron chi connectivity index (χ2n) is 6.46. The second-order valence-corrected chi connectivity index (χ2v) is 8.86. The quantitative estimate of drug-likeness (QED) is 0.778. The molecule has 1 heterocycles. The first kappa shape index (κ1) is 20.9. The van der Waals surface area contributed by atoms with Crippen molar-refractivity contribution in [1.29, 1.82) is 0 Å². The van der Waals surface area contributed by atoms with Gasteiger partial charge in [-0.05, 0) is 54.9 Å². The lowest BCUT2D eigenvalue weighted by molar-refractivity contribution is -0.274. The third-order valence-corrected chi connectivity index (χ3v) is 7.02. The Balaban J connectivity index is 1.94. The van der Waals surface area contributed by atoms with Crippen LogP contribution in [0.4, 0.5) is 13.2 Å². The van der Waals surface area contributed by atoms with Gasteiger partial charge in [0.25, 0.3) is 0 Å². The molecule has 2 aromatic carbocycles. The van der Waals surface area contributed by atoms with Crippen LogP contribution in [0.15, 0.2) is 53.4 Å². The third-order valence-electron chi connectivity index (χ3n) is 4.83. The van der Waals surface area contributed by atoms with Gasteiger partial charge in [-0.15, -0.1) is 13.2 Å². The molecule has 10 heteroatoms. The van der Waals surface area contributed by atoms with Gasteiger partial charge in [-0.1, -0.05) is 23.7 Å². The molecule has 1 N–H and O–H groups in total. The molecule has 1 aliphatic heterocycles. The first-order valence-electron chi connectivity index (χ1n) is 8.36. The van der Waals surface area contributed by atoms with Gasteiger partial charge in [-0.25, -0.2) is 8.42 Å².